The van der Waals surface area contributed by atoms with Crippen LogP contribution in [0.15, 0.2) is 76.3 Å². The number of hydrazone groups is 1. The Labute approximate surface area is 196 Å². The lowest BCUT2D eigenvalue weighted by atomic mass is 10.2. The average Bonchev–Trinajstić information content (AvgIpc) is 2.73. The number of hydrogen-bond donors (Lipinski definition) is 1. The number of esters is 1. The van der Waals surface area contributed by atoms with Gasteiger partial charge in [-0.25, -0.2) is 10.2 Å². The highest BCUT2D eigenvalue weighted by Gasteiger charge is 2.12. The molecule has 0 fully saturated rings. The molecule has 6 nitrogen and oxygen atoms in total. The van der Waals surface area contributed by atoms with Gasteiger partial charge in [0.15, 0.2) is 6.61 Å². The lowest BCUT2D eigenvalue weighted by molar-refractivity contribution is -0.123. The summed E-state index contributed by atoms with van der Waals surface area (Å²) in [6.45, 7) is -0.275. The second kappa shape index (κ2) is 10.9. The van der Waals surface area contributed by atoms with E-state index >= 15 is 0 Å². The van der Waals surface area contributed by atoms with E-state index in [-0.39, 0.29) is 6.61 Å². The molecule has 0 bridgehead atoms. The van der Waals surface area contributed by atoms with Gasteiger partial charge in [0.1, 0.15) is 11.5 Å². The van der Waals surface area contributed by atoms with E-state index in [2.05, 4.69) is 26.5 Å². The molecule has 0 unspecified atom stereocenters. The Balaban J connectivity index is 1.53. The van der Waals surface area contributed by atoms with Crippen molar-refractivity contribution in [3.8, 4) is 11.5 Å². The van der Waals surface area contributed by atoms with E-state index in [0.717, 1.165) is 0 Å². The molecule has 0 spiro atoms. The summed E-state index contributed by atoms with van der Waals surface area (Å²) in [4.78, 5) is 24.2. The highest BCUT2D eigenvalue weighted by Crippen LogP contribution is 2.27. The van der Waals surface area contributed by atoms with Crippen molar-refractivity contribution in [2.75, 3.05) is 6.61 Å². The largest absolute Gasteiger partial charge is 0.482 e. The SMILES string of the molecule is O=C(COc1ccc(Cl)cc1Cl)NN=Cc1cccc(OC(=O)c2ccccc2Br)c1. The number of carbonyl (C=O) groups excluding carboxylic acids is 2. The molecule has 158 valence electrons. The fraction of sp³-hybridized carbons (Fsp3) is 0.0455. The van der Waals surface area contributed by atoms with Gasteiger partial charge >= 0.3 is 5.97 Å². The number of benzene rings is 3. The zero-order chi connectivity index (χ0) is 22.2. The number of ether oxygens (including phenoxy) is 2. The van der Waals surface area contributed by atoms with Crippen LogP contribution in [0.2, 0.25) is 10.0 Å². The first-order chi connectivity index (χ1) is 14.9. The number of nitrogens with zero attached hydrogens (tertiary/aromatic N) is 1. The van der Waals surface area contributed by atoms with Gasteiger partial charge in [-0.1, -0.05) is 47.5 Å². The van der Waals surface area contributed by atoms with Crippen molar-refractivity contribution in [2.45, 2.75) is 0 Å². The Morgan fingerprint density at radius 2 is 1.84 bits per heavy atom. The Hall–Kier alpha value is -2.87. The summed E-state index contributed by atoms with van der Waals surface area (Å²) in [6.07, 6.45) is 1.42. The van der Waals surface area contributed by atoms with Crippen LogP contribution in [0.5, 0.6) is 11.5 Å². The molecule has 0 radical (unpaired) electrons. The first-order valence-electron chi connectivity index (χ1n) is 8.89. The first kappa shape index (κ1) is 22.8. The average molecular weight is 522 g/mol. The summed E-state index contributed by atoms with van der Waals surface area (Å²) in [5, 5.41) is 4.65. The smallest absolute Gasteiger partial charge is 0.344 e. The van der Waals surface area contributed by atoms with Gasteiger partial charge in [-0.15, -0.1) is 0 Å². The van der Waals surface area contributed by atoms with Crippen LogP contribution in [0.25, 0.3) is 0 Å². The highest BCUT2D eigenvalue weighted by molar-refractivity contribution is 9.10. The molecule has 3 aromatic rings. The van der Waals surface area contributed by atoms with Crippen LogP contribution in [0.4, 0.5) is 0 Å². The Kier molecular flexibility index (Phi) is 8.06. The molecule has 3 aromatic carbocycles. The van der Waals surface area contributed by atoms with Gasteiger partial charge in [0.05, 0.1) is 16.8 Å². The van der Waals surface area contributed by atoms with Gasteiger partial charge in [-0.05, 0) is 64.0 Å². The number of rotatable bonds is 7. The normalized spacial score (nSPS) is 10.7. The summed E-state index contributed by atoms with van der Waals surface area (Å²) in [6, 6.07) is 18.4. The van der Waals surface area contributed by atoms with E-state index in [1.54, 1.807) is 60.7 Å². The van der Waals surface area contributed by atoms with Gasteiger partial charge in [0, 0.05) is 9.50 Å². The first-order valence-corrected chi connectivity index (χ1v) is 10.4. The van der Waals surface area contributed by atoms with E-state index in [4.69, 9.17) is 32.7 Å². The maximum absolute atomic E-state index is 12.3. The van der Waals surface area contributed by atoms with Crippen molar-refractivity contribution in [1.29, 1.82) is 0 Å². The fourth-order valence-corrected chi connectivity index (χ4v) is 3.30. The van der Waals surface area contributed by atoms with Crippen LogP contribution in [0.3, 0.4) is 0 Å². The fourth-order valence-electron chi connectivity index (χ4n) is 2.39. The minimum atomic E-state index is -0.493. The van der Waals surface area contributed by atoms with Crippen molar-refractivity contribution in [1.82, 2.24) is 5.43 Å². The maximum Gasteiger partial charge on any atom is 0.344 e. The van der Waals surface area contributed by atoms with Crippen molar-refractivity contribution in [3.63, 3.8) is 0 Å². The van der Waals surface area contributed by atoms with Crippen LogP contribution < -0.4 is 14.9 Å². The lowest BCUT2D eigenvalue weighted by Gasteiger charge is -2.07. The molecule has 31 heavy (non-hydrogen) atoms. The Morgan fingerprint density at radius 3 is 2.61 bits per heavy atom. The Bertz CT molecular complexity index is 1140. The monoisotopic (exact) mass is 520 g/mol. The number of carbonyl (C=O) groups is 2. The van der Waals surface area contributed by atoms with Crippen LogP contribution >= 0.6 is 39.1 Å². The van der Waals surface area contributed by atoms with Gasteiger partial charge in [0.25, 0.3) is 5.91 Å². The number of amides is 1. The predicted octanol–water partition coefficient (Wildman–Crippen LogP) is 5.50. The summed E-state index contributed by atoms with van der Waals surface area (Å²) < 4.78 is 11.4. The second-order valence-electron chi connectivity index (χ2n) is 6.10. The summed E-state index contributed by atoms with van der Waals surface area (Å²) in [5.74, 6) is -0.284. The maximum atomic E-state index is 12.3. The minimum Gasteiger partial charge on any atom is -0.482 e. The van der Waals surface area contributed by atoms with Gasteiger partial charge < -0.3 is 9.47 Å². The molecule has 0 aliphatic heterocycles. The van der Waals surface area contributed by atoms with Crippen LogP contribution in [-0.4, -0.2) is 24.7 Å². The van der Waals surface area contributed by atoms with Crippen LogP contribution in [-0.2, 0) is 4.79 Å². The molecule has 0 atom stereocenters. The summed E-state index contributed by atoms with van der Waals surface area (Å²) in [7, 11) is 0. The number of nitrogens with one attached hydrogen (secondary N) is 1. The molecule has 9 heteroatoms. The van der Waals surface area contributed by atoms with Crippen LogP contribution in [0.1, 0.15) is 15.9 Å². The molecular formula is C22H15BrCl2N2O4. The van der Waals surface area contributed by atoms with Gasteiger partial charge in [-0.2, -0.15) is 5.10 Å². The molecule has 1 amide bonds. The van der Waals surface area contributed by atoms with E-state index in [1.165, 1.54) is 12.3 Å². The summed E-state index contributed by atoms with van der Waals surface area (Å²) in [5.41, 5.74) is 3.38. The molecule has 0 heterocycles. The molecule has 1 N–H and O–H groups in total. The number of halogens is 3. The standard InChI is InChI=1S/C22H15BrCl2N2O4/c23-18-7-2-1-6-17(18)22(29)31-16-5-3-4-14(10-16)12-26-27-21(28)13-30-20-9-8-15(24)11-19(20)25/h1-12H,13H2,(H,27,28). The third-order valence-electron chi connectivity index (χ3n) is 3.82. The molecule has 0 saturated heterocycles. The van der Waals surface area contributed by atoms with Crippen molar-refractivity contribution in [2.24, 2.45) is 5.10 Å². The van der Waals surface area contributed by atoms with Gasteiger partial charge in [0.2, 0.25) is 0 Å². The highest BCUT2D eigenvalue weighted by atomic mass is 79.9. The minimum absolute atomic E-state index is 0.275. The lowest BCUT2D eigenvalue weighted by Crippen LogP contribution is -2.24. The summed E-state index contributed by atoms with van der Waals surface area (Å²) >= 11 is 15.1. The number of hydrogen-bond acceptors (Lipinski definition) is 5. The molecule has 3 rings (SSSR count). The van der Waals surface area contributed by atoms with Crippen molar-refractivity contribution in [3.05, 3.63) is 92.4 Å². The third kappa shape index (κ3) is 6.82. The molecule has 0 saturated carbocycles. The Morgan fingerprint density at radius 1 is 1.03 bits per heavy atom. The molecule has 0 aromatic heterocycles. The molecule has 0 aliphatic rings. The zero-order valence-corrected chi connectivity index (χ0v) is 18.9. The topological polar surface area (TPSA) is 77.0 Å². The molecule has 0 aliphatic carbocycles. The predicted molar refractivity (Wildman–Crippen MR) is 123 cm³/mol. The van der Waals surface area contributed by atoms with Crippen molar-refractivity contribution >= 4 is 57.2 Å². The van der Waals surface area contributed by atoms with Crippen molar-refractivity contribution < 1.29 is 19.1 Å². The third-order valence-corrected chi connectivity index (χ3v) is 5.04. The van der Waals surface area contributed by atoms with E-state index in [0.29, 0.717) is 37.1 Å². The van der Waals surface area contributed by atoms with Gasteiger partial charge in [-0.3, -0.25) is 4.79 Å². The molecular weight excluding hydrogens is 507 g/mol. The van der Waals surface area contributed by atoms with E-state index < -0.39 is 11.9 Å². The quantitative estimate of drug-likeness (QED) is 0.192. The van der Waals surface area contributed by atoms with Crippen LogP contribution in [0, 0.1) is 0 Å². The van der Waals surface area contributed by atoms with E-state index in [9.17, 15) is 9.59 Å². The second-order valence-corrected chi connectivity index (χ2v) is 7.80. The zero-order valence-electron chi connectivity index (χ0n) is 15.8. The van der Waals surface area contributed by atoms with E-state index in [1.807, 2.05) is 0 Å².